The van der Waals surface area contributed by atoms with Gasteiger partial charge < -0.3 is 10.3 Å². The van der Waals surface area contributed by atoms with Crippen molar-refractivity contribution in [1.82, 2.24) is 4.98 Å². The first-order chi connectivity index (χ1) is 9.65. The highest BCUT2D eigenvalue weighted by atomic mass is 16.2. The fraction of sp³-hybridized carbons (Fsp3) is 0.200. The molecule has 0 fully saturated rings. The van der Waals surface area contributed by atoms with Crippen molar-refractivity contribution in [3.05, 3.63) is 53.9 Å². The summed E-state index contributed by atoms with van der Waals surface area (Å²) in [5, 5.41) is 0. The van der Waals surface area contributed by atoms with Gasteiger partial charge in [-0.2, -0.15) is 0 Å². The van der Waals surface area contributed by atoms with Crippen LogP contribution in [0.25, 0.3) is 0 Å². The molecule has 0 atom stereocenters. The molecule has 2 rings (SSSR count). The van der Waals surface area contributed by atoms with Crippen molar-refractivity contribution < 1.29 is 4.79 Å². The van der Waals surface area contributed by atoms with E-state index in [0.717, 1.165) is 11.3 Å². The number of aromatic nitrogens is 1. The molecule has 5 heteroatoms. The van der Waals surface area contributed by atoms with E-state index in [1.54, 1.807) is 23.2 Å². The van der Waals surface area contributed by atoms with Crippen molar-refractivity contribution in [2.75, 3.05) is 16.9 Å². The molecule has 0 saturated heterocycles. The summed E-state index contributed by atoms with van der Waals surface area (Å²) in [5.74, 6) is 5.21. The summed E-state index contributed by atoms with van der Waals surface area (Å²) in [4.78, 5) is 18.3. The van der Waals surface area contributed by atoms with Crippen LogP contribution in [-0.2, 0) is 0 Å². The lowest BCUT2D eigenvalue weighted by Gasteiger charge is -2.21. The molecular formula is C15H18N4O. The van der Waals surface area contributed by atoms with Crippen molar-refractivity contribution in [1.29, 1.82) is 0 Å². The summed E-state index contributed by atoms with van der Waals surface area (Å²) in [6.07, 6.45) is 1.56. The van der Waals surface area contributed by atoms with Gasteiger partial charge in [0.1, 0.15) is 5.69 Å². The van der Waals surface area contributed by atoms with Crippen LogP contribution in [0.5, 0.6) is 0 Å². The van der Waals surface area contributed by atoms with Crippen molar-refractivity contribution in [2.45, 2.75) is 13.8 Å². The van der Waals surface area contributed by atoms with Crippen LogP contribution in [0.3, 0.4) is 0 Å². The maximum absolute atomic E-state index is 12.5. The zero-order chi connectivity index (χ0) is 14.5. The molecule has 2 aromatic rings. The number of nitrogens with zero attached hydrogens (tertiary/aromatic N) is 2. The largest absolute Gasteiger partial charge is 0.324 e. The number of nitrogens with one attached hydrogen (secondary N) is 1. The van der Waals surface area contributed by atoms with E-state index in [1.165, 1.54) is 0 Å². The number of hydrogen-bond acceptors (Lipinski definition) is 4. The SMILES string of the molecule is CCN(C(=O)c1cc(NN)ccn1)c1ccc(C)cc1. The van der Waals surface area contributed by atoms with Gasteiger partial charge in [0.15, 0.2) is 0 Å². The van der Waals surface area contributed by atoms with Gasteiger partial charge in [-0.3, -0.25) is 15.6 Å². The third-order valence-electron chi connectivity index (χ3n) is 3.05. The zero-order valence-electron chi connectivity index (χ0n) is 11.6. The molecule has 0 aliphatic carbocycles. The Balaban J connectivity index is 2.31. The lowest BCUT2D eigenvalue weighted by Crippen LogP contribution is -2.31. The number of pyridine rings is 1. The molecule has 3 N–H and O–H groups in total. The number of rotatable bonds is 4. The van der Waals surface area contributed by atoms with Gasteiger partial charge in [0.25, 0.3) is 5.91 Å². The number of carbonyl (C=O) groups is 1. The van der Waals surface area contributed by atoms with Gasteiger partial charge in [-0.05, 0) is 38.1 Å². The van der Waals surface area contributed by atoms with Crippen LogP contribution in [0, 0.1) is 6.92 Å². The van der Waals surface area contributed by atoms with Gasteiger partial charge >= 0.3 is 0 Å². The third kappa shape index (κ3) is 2.95. The Morgan fingerprint density at radius 2 is 2.00 bits per heavy atom. The monoisotopic (exact) mass is 270 g/mol. The van der Waals surface area contributed by atoms with Crippen molar-refractivity contribution in [2.24, 2.45) is 5.84 Å². The number of benzene rings is 1. The van der Waals surface area contributed by atoms with Crippen LogP contribution < -0.4 is 16.2 Å². The number of aryl methyl sites for hydroxylation is 1. The standard InChI is InChI=1S/C15H18N4O/c1-3-19(13-6-4-11(2)5-7-13)15(20)14-10-12(18-16)8-9-17-14/h4-10H,3,16H2,1-2H3,(H,17,18). The molecule has 0 radical (unpaired) electrons. The van der Waals surface area contributed by atoms with E-state index in [4.69, 9.17) is 5.84 Å². The maximum Gasteiger partial charge on any atom is 0.276 e. The highest BCUT2D eigenvalue weighted by molar-refractivity contribution is 6.05. The average molecular weight is 270 g/mol. The second kappa shape index (κ2) is 6.16. The van der Waals surface area contributed by atoms with Gasteiger partial charge in [-0.15, -0.1) is 0 Å². The quantitative estimate of drug-likeness (QED) is 0.661. The Morgan fingerprint density at radius 1 is 1.30 bits per heavy atom. The summed E-state index contributed by atoms with van der Waals surface area (Å²) >= 11 is 0. The van der Waals surface area contributed by atoms with E-state index in [9.17, 15) is 4.79 Å². The minimum Gasteiger partial charge on any atom is -0.324 e. The molecule has 0 spiro atoms. The molecule has 0 bridgehead atoms. The molecule has 104 valence electrons. The third-order valence-corrected chi connectivity index (χ3v) is 3.05. The molecule has 20 heavy (non-hydrogen) atoms. The minimum absolute atomic E-state index is 0.145. The fourth-order valence-electron chi connectivity index (χ4n) is 1.94. The van der Waals surface area contributed by atoms with E-state index in [2.05, 4.69) is 10.4 Å². The van der Waals surface area contributed by atoms with Gasteiger partial charge in [-0.1, -0.05) is 17.7 Å². The zero-order valence-corrected chi connectivity index (χ0v) is 11.6. The molecule has 0 unspecified atom stereocenters. The van der Waals surface area contributed by atoms with Gasteiger partial charge in [-0.25, -0.2) is 0 Å². The van der Waals surface area contributed by atoms with Gasteiger partial charge in [0.05, 0.1) is 5.69 Å². The van der Waals surface area contributed by atoms with Crippen LogP contribution in [0.15, 0.2) is 42.6 Å². The summed E-state index contributed by atoms with van der Waals surface area (Å²) in [6, 6.07) is 11.2. The van der Waals surface area contributed by atoms with Crippen LogP contribution in [-0.4, -0.2) is 17.4 Å². The van der Waals surface area contributed by atoms with Gasteiger partial charge in [0.2, 0.25) is 0 Å². The highest BCUT2D eigenvalue weighted by Gasteiger charge is 2.17. The number of nitrogen functional groups attached to an aromatic ring is 1. The molecule has 0 aliphatic heterocycles. The summed E-state index contributed by atoms with van der Waals surface area (Å²) < 4.78 is 0. The highest BCUT2D eigenvalue weighted by Crippen LogP contribution is 2.18. The second-order valence-electron chi connectivity index (χ2n) is 4.46. The fourth-order valence-corrected chi connectivity index (χ4v) is 1.94. The molecule has 5 nitrogen and oxygen atoms in total. The molecule has 1 amide bonds. The van der Waals surface area contributed by atoms with Crippen molar-refractivity contribution in [3.63, 3.8) is 0 Å². The molecule has 1 aromatic carbocycles. The molecule has 0 aliphatic rings. The molecular weight excluding hydrogens is 252 g/mol. The summed E-state index contributed by atoms with van der Waals surface area (Å²) in [5.41, 5.74) is 5.55. The predicted octanol–water partition coefficient (Wildman–Crippen LogP) is 2.34. The first-order valence-electron chi connectivity index (χ1n) is 6.47. The van der Waals surface area contributed by atoms with Gasteiger partial charge in [0, 0.05) is 18.4 Å². The van der Waals surface area contributed by atoms with E-state index in [1.807, 2.05) is 38.1 Å². The maximum atomic E-state index is 12.5. The normalized spacial score (nSPS) is 10.2. The smallest absolute Gasteiger partial charge is 0.276 e. The Bertz CT molecular complexity index is 595. The Labute approximate surface area is 118 Å². The lowest BCUT2D eigenvalue weighted by atomic mass is 10.2. The topological polar surface area (TPSA) is 71.2 Å². The number of hydrazine groups is 1. The molecule has 0 saturated carbocycles. The van der Waals surface area contributed by atoms with E-state index in [-0.39, 0.29) is 5.91 Å². The number of hydrogen-bond donors (Lipinski definition) is 2. The molecule has 1 heterocycles. The van der Waals surface area contributed by atoms with Crippen molar-refractivity contribution >= 4 is 17.3 Å². The average Bonchev–Trinajstić information content (AvgIpc) is 2.50. The van der Waals surface area contributed by atoms with E-state index < -0.39 is 0 Å². The summed E-state index contributed by atoms with van der Waals surface area (Å²) in [6.45, 7) is 4.52. The number of carbonyl (C=O) groups excluding carboxylic acids is 1. The Kier molecular flexibility index (Phi) is 4.32. The first-order valence-corrected chi connectivity index (χ1v) is 6.47. The number of anilines is 2. The Hall–Kier alpha value is -2.40. The number of amides is 1. The van der Waals surface area contributed by atoms with Crippen LogP contribution >= 0.6 is 0 Å². The van der Waals surface area contributed by atoms with E-state index >= 15 is 0 Å². The van der Waals surface area contributed by atoms with Crippen LogP contribution in [0.1, 0.15) is 23.0 Å². The first kappa shape index (κ1) is 14.0. The number of nitrogens with two attached hydrogens (primary N) is 1. The second-order valence-corrected chi connectivity index (χ2v) is 4.46. The van der Waals surface area contributed by atoms with Crippen molar-refractivity contribution in [3.8, 4) is 0 Å². The predicted molar refractivity (Wildman–Crippen MR) is 80.6 cm³/mol. The van der Waals surface area contributed by atoms with Crippen LogP contribution in [0.2, 0.25) is 0 Å². The summed E-state index contributed by atoms with van der Waals surface area (Å²) in [7, 11) is 0. The lowest BCUT2D eigenvalue weighted by molar-refractivity contribution is 0.0983. The van der Waals surface area contributed by atoms with Crippen LogP contribution in [0.4, 0.5) is 11.4 Å². The molecule has 1 aromatic heterocycles. The Morgan fingerprint density at radius 3 is 2.60 bits per heavy atom. The van der Waals surface area contributed by atoms with E-state index in [0.29, 0.717) is 17.9 Å². The minimum atomic E-state index is -0.145.